The summed E-state index contributed by atoms with van der Waals surface area (Å²) in [6, 6.07) is 12.0. The van der Waals surface area contributed by atoms with E-state index in [-0.39, 0.29) is 5.92 Å². The first-order chi connectivity index (χ1) is 11.5. The molecule has 4 heteroatoms. The highest BCUT2D eigenvalue weighted by Gasteiger charge is 2.30. The van der Waals surface area contributed by atoms with Gasteiger partial charge < -0.3 is 5.73 Å². The van der Waals surface area contributed by atoms with Crippen molar-refractivity contribution in [1.29, 1.82) is 0 Å². The van der Waals surface area contributed by atoms with E-state index in [1.807, 2.05) is 0 Å². The van der Waals surface area contributed by atoms with Crippen molar-refractivity contribution in [1.82, 2.24) is 0 Å². The molecule has 0 radical (unpaired) electrons. The second kappa shape index (κ2) is 6.98. The normalized spacial score (nSPS) is 15.8. The van der Waals surface area contributed by atoms with Crippen LogP contribution in [0, 0.1) is 0 Å². The van der Waals surface area contributed by atoms with Gasteiger partial charge in [-0.25, -0.2) is 0 Å². The van der Waals surface area contributed by atoms with Crippen molar-refractivity contribution in [3.05, 3.63) is 70.3 Å². The maximum atomic E-state index is 12.7. The third kappa shape index (κ3) is 3.81. The molecule has 3 rings (SSSR count). The lowest BCUT2D eigenvalue weighted by molar-refractivity contribution is -0.137. The third-order valence-electron chi connectivity index (χ3n) is 4.89. The summed E-state index contributed by atoms with van der Waals surface area (Å²) in [7, 11) is 0. The maximum absolute atomic E-state index is 12.7. The molecule has 1 aliphatic rings. The highest BCUT2D eigenvalue weighted by molar-refractivity contribution is 5.36. The molecule has 0 saturated carbocycles. The number of hydrogen-bond donors (Lipinski definition) is 1. The van der Waals surface area contributed by atoms with Crippen LogP contribution in [0.1, 0.15) is 46.6 Å². The summed E-state index contributed by atoms with van der Waals surface area (Å²) >= 11 is 0. The first-order valence-corrected chi connectivity index (χ1v) is 8.45. The Hall–Kier alpha value is -1.81. The highest BCUT2D eigenvalue weighted by Crippen LogP contribution is 2.31. The predicted molar refractivity (Wildman–Crippen MR) is 90.0 cm³/mol. The monoisotopic (exact) mass is 333 g/mol. The number of rotatable bonds is 4. The van der Waals surface area contributed by atoms with Crippen molar-refractivity contribution in [3.8, 4) is 0 Å². The van der Waals surface area contributed by atoms with Gasteiger partial charge in [-0.05, 0) is 73.0 Å². The van der Waals surface area contributed by atoms with Crippen molar-refractivity contribution in [2.75, 3.05) is 6.54 Å². The minimum atomic E-state index is -4.29. The molecule has 24 heavy (non-hydrogen) atoms. The number of halogens is 3. The van der Waals surface area contributed by atoms with Crippen molar-refractivity contribution < 1.29 is 13.2 Å². The zero-order valence-corrected chi connectivity index (χ0v) is 13.6. The fourth-order valence-corrected chi connectivity index (χ4v) is 3.46. The van der Waals surface area contributed by atoms with Gasteiger partial charge in [-0.3, -0.25) is 0 Å². The maximum Gasteiger partial charge on any atom is 0.416 e. The van der Waals surface area contributed by atoms with E-state index in [0.29, 0.717) is 13.0 Å². The van der Waals surface area contributed by atoms with Crippen LogP contribution in [0.15, 0.2) is 42.5 Å². The first-order valence-electron chi connectivity index (χ1n) is 8.45. The molecule has 0 fully saturated rings. The van der Waals surface area contributed by atoms with Gasteiger partial charge in [-0.2, -0.15) is 13.2 Å². The molecule has 0 heterocycles. The molecule has 0 saturated heterocycles. The molecular weight excluding hydrogens is 311 g/mol. The number of aryl methyl sites for hydroxylation is 2. The quantitative estimate of drug-likeness (QED) is 0.849. The molecule has 0 bridgehead atoms. The number of nitrogens with two attached hydrogens (primary N) is 1. The van der Waals surface area contributed by atoms with Crippen LogP contribution in [0.3, 0.4) is 0 Å². The van der Waals surface area contributed by atoms with Gasteiger partial charge >= 0.3 is 6.18 Å². The first kappa shape index (κ1) is 17.0. The molecule has 128 valence electrons. The Morgan fingerprint density at radius 1 is 0.917 bits per heavy atom. The number of fused-ring (bicyclic) bond motifs is 1. The second-order valence-corrected chi connectivity index (χ2v) is 6.57. The van der Waals surface area contributed by atoms with Gasteiger partial charge in [0.05, 0.1) is 5.56 Å². The molecular formula is C20H22F3N. The fraction of sp³-hybridized carbons (Fsp3) is 0.400. The second-order valence-electron chi connectivity index (χ2n) is 6.57. The van der Waals surface area contributed by atoms with Crippen LogP contribution in [0.2, 0.25) is 0 Å². The Kier molecular flexibility index (Phi) is 4.95. The molecule has 1 nitrogen and oxygen atoms in total. The largest absolute Gasteiger partial charge is 0.416 e. The van der Waals surface area contributed by atoms with Crippen molar-refractivity contribution >= 4 is 0 Å². The van der Waals surface area contributed by atoms with Crippen LogP contribution < -0.4 is 5.73 Å². The Balaban J connectivity index is 1.77. The van der Waals surface area contributed by atoms with Crippen LogP contribution in [0.25, 0.3) is 0 Å². The van der Waals surface area contributed by atoms with E-state index >= 15 is 0 Å². The smallest absolute Gasteiger partial charge is 0.330 e. The van der Waals surface area contributed by atoms with E-state index in [0.717, 1.165) is 30.5 Å². The van der Waals surface area contributed by atoms with E-state index in [4.69, 9.17) is 5.73 Å². The van der Waals surface area contributed by atoms with Gasteiger partial charge in [0, 0.05) is 5.92 Å². The number of benzene rings is 2. The van der Waals surface area contributed by atoms with Gasteiger partial charge in [0.15, 0.2) is 0 Å². The molecule has 0 amide bonds. The van der Waals surface area contributed by atoms with Gasteiger partial charge in [-0.1, -0.05) is 30.3 Å². The summed E-state index contributed by atoms with van der Waals surface area (Å²) in [6.07, 6.45) is 1.10. The van der Waals surface area contributed by atoms with Gasteiger partial charge in [0.1, 0.15) is 0 Å². The molecule has 1 atom stereocenters. The average Bonchev–Trinajstić information content (AvgIpc) is 2.59. The zero-order chi connectivity index (χ0) is 17.2. The summed E-state index contributed by atoms with van der Waals surface area (Å²) < 4.78 is 38.0. The minimum Gasteiger partial charge on any atom is -0.330 e. The van der Waals surface area contributed by atoms with Crippen LogP contribution in [0.5, 0.6) is 0 Å². The molecule has 0 aromatic heterocycles. The van der Waals surface area contributed by atoms with Crippen LogP contribution in [-0.2, 0) is 25.4 Å². The lowest BCUT2D eigenvalue weighted by Crippen LogP contribution is -2.16. The van der Waals surface area contributed by atoms with E-state index in [9.17, 15) is 13.2 Å². The standard InChI is InChI=1S/C20H22F3N/c21-20(22,23)19-9-5-14(6-10-19)11-18(13-24)17-8-7-15-3-1-2-4-16(15)12-17/h5-10,12,18H,1-4,11,13,24H2. The summed E-state index contributed by atoms with van der Waals surface area (Å²) in [5, 5.41) is 0. The van der Waals surface area contributed by atoms with Crippen LogP contribution in [-0.4, -0.2) is 6.54 Å². The molecule has 1 aliphatic carbocycles. The Bertz CT molecular complexity index is 689. The molecule has 0 spiro atoms. The average molecular weight is 333 g/mol. The highest BCUT2D eigenvalue weighted by atomic mass is 19.4. The molecule has 2 N–H and O–H groups in total. The molecule has 1 unspecified atom stereocenters. The van der Waals surface area contributed by atoms with Crippen LogP contribution >= 0.6 is 0 Å². The SMILES string of the molecule is NCC(Cc1ccc(C(F)(F)F)cc1)c1ccc2c(c1)CCCC2. The Morgan fingerprint density at radius 3 is 2.21 bits per heavy atom. The Labute approximate surface area is 140 Å². The van der Waals surface area contributed by atoms with E-state index < -0.39 is 11.7 Å². The summed E-state index contributed by atoms with van der Waals surface area (Å²) in [6.45, 7) is 0.486. The van der Waals surface area contributed by atoms with Gasteiger partial charge in [-0.15, -0.1) is 0 Å². The predicted octanol–water partition coefficient (Wildman–Crippen LogP) is 4.87. The van der Waals surface area contributed by atoms with Crippen LogP contribution in [0.4, 0.5) is 13.2 Å². The fourth-order valence-electron chi connectivity index (χ4n) is 3.46. The van der Waals surface area contributed by atoms with Crippen molar-refractivity contribution in [2.45, 2.75) is 44.2 Å². The zero-order valence-electron chi connectivity index (χ0n) is 13.6. The minimum absolute atomic E-state index is 0.133. The van der Waals surface area contributed by atoms with E-state index in [2.05, 4.69) is 18.2 Å². The lowest BCUT2D eigenvalue weighted by Gasteiger charge is -2.21. The topological polar surface area (TPSA) is 26.0 Å². The van der Waals surface area contributed by atoms with E-state index in [1.165, 1.54) is 29.5 Å². The molecule has 2 aromatic carbocycles. The molecule has 2 aromatic rings. The third-order valence-corrected chi connectivity index (χ3v) is 4.89. The summed E-state index contributed by atoms with van der Waals surface area (Å²) in [5.41, 5.74) is 10.3. The van der Waals surface area contributed by atoms with E-state index in [1.54, 1.807) is 12.1 Å². The number of alkyl halides is 3. The van der Waals surface area contributed by atoms with Gasteiger partial charge in [0.2, 0.25) is 0 Å². The summed E-state index contributed by atoms with van der Waals surface area (Å²) in [4.78, 5) is 0. The lowest BCUT2D eigenvalue weighted by atomic mass is 9.85. The van der Waals surface area contributed by atoms with Crippen molar-refractivity contribution in [3.63, 3.8) is 0 Å². The Morgan fingerprint density at radius 2 is 1.58 bits per heavy atom. The number of hydrogen-bond acceptors (Lipinski definition) is 1. The molecule has 0 aliphatic heterocycles. The summed E-state index contributed by atoms with van der Waals surface area (Å²) in [5.74, 6) is 0.133. The van der Waals surface area contributed by atoms with Gasteiger partial charge in [0.25, 0.3) is 0 Å². The van der Waals surface area contributed by atoms with Crippen molar-refractivity contribution in [2.24, 2.45) is 5.73 Å².